The van der Waals surface area contributed by atoms with Crippen LogP contribution in [0, 0.1) is 0 Å². The Morgan fingerprint density at radius 2 is 1.97 bits per heavy atom. The molecule has 1 aromatic heterocycles. The van der Waals surface area contributed by atoms with Gasteiger partial charge in [0.15, 0.2) is 0 Å². The molecule has 0 radical (unpaired) electrons. The van der Waals surface area contributed by atoms with Crippen LogP contribution in [0.1, 0.15) is 24.1 Å². The minimum Gasteiger partial charge on any atom is -0.406 e. The molecule has 1 aromatic carbocycles. The number of hydrogen-bond acceptors (Lipinski definition) is 6. The number of carbonyl (C=O) groups excluding carboxylic acids is 1. The Balaban J connectivity index is 1.61. The first-order valence-electron chi connectivity index (χ1n) is 10.2. The molecule has 11 heteroatoms. The number of benzene rings is 1. The number of hydrogen-bond donors (Lipinski definition) is 1. The lowest BCUT2D eigenvalue weighted by Gasteiger charge is -2.15. The van der Waals surface area contributed by atoms with Crippen molar-refractivity contribution in [1.29, 1.82) is 0 Å². The first-order chi connectivity index (χ1) is 15.1. The van der Waals surface area contributed by atoms with E-state index >= 15 is 0 Å². The van der Waals surface area contributed by atoms with E-state index in [4.69, 9.17) is 0 Å². The van der Waals surface area contributed by atoms with E-state index in [9.17, 15) is 22.8 Å². The number of ether oxygens (including phenoxy) is 1. The highest BCUT2D eigenvalue weighted by Gasteiger charge is 2.31. The van der Waals surface area contributed by atoms with Crippen molar-refractivity contribution in [3.8, 4) is 5.75 Å². The number of anilines is 1. The van der Waals surface area contributed by atoms with Gasteiger partial charge in [-0.3, -0.25) is 9.36 Å². The molecular weight excluding hydrogens is 445 g/mol. The standard InChI is InChI=1S/C21H25F3N4O3S/c1-27(2)11-4-12-28-17-6-3-5-16(17)19(26-20(28)30)32-13-18(29)25-14-7-9-15(10-8-14)31-21(22,23)24/h7-10H,3-6,11-13H2,1-2H3,(H,25,29). The Kier molecular flexibility index (Phi) is 7.83. The number of halogens is 3. The van der Waals surface area contributed by atoms with Gasteiger partial charge in [-0.05, 0) is 70.6 Å². The van der Waals surface area contributed by atoms with Crippen molar-refractivity contribution in [1.82, 2.24) is 14.5 Å². The minimum atomic E-state index is -4.77. The van der Waals surface area contributed by atoms with E-state index in [1.165, 1.54) is 23.9 Å². The third-order valence-corrected chi connectivity index (χ3v) is 5.92. The quantitative estimate of drug-likeness (QED) is 0.448. The Bertz CT molecular complexity index is 1010. The molecule has 0 bridgehead atoms. The van der Waals surface area contributed by atoms with Gasteiger partial charge in [0.25, 0.3) is 0 Å². The second-order valence-corrected chi connectivity index (χ2v) is 8.66. The summed E-state index contributed by atoms with van der Waals surface area (Å²) < 4.78 is 42.2. The fourth-order valence-corrected chi connectivity index (χ4v) is 4.43. The summed E-state index contributed by atoms with van der Waals surface area (Å²) in [7, 11) is 3.97. The summed E-state index contributed by atoms with van der Waals surface area (Å²) in [6, 6.07) is 4.91. The lowest BCUT2D eigenvalue weighted by Crippen LogP contribution is -2.29. The molecule has 1 aliphatic carbocycles. The molecule has 2 aromatic rings. The minimum absolute atomic E-state index is 0.0321. The van der Waals surface area contributed by atoms with Crippen molar-refractivity contribution in [2.75, 3.05) is 31.7 Å². The molecule has 3 rings (SSSR count). The van der Waals surface area contributed by atoms with E-state index < -0.39 is 6.36 Å². The first-order valence-corrected chi connectivity index (χ1v) is 11.2. The number of nitrogens with zero attached hydrogens (tertiary/aromatic N) is 3. The summed E-state index contributed by atoms with van der Waals surface area (Å²) >= 11 is 1.20. The summed E-state index contributed by atoms with van der Waals surface area (Å²) in [5, 5.41) is 3.20. The van der Waals surface area contributed by atoms with Crippen molar-refractivity contribution in [2.45, 2.75) is 43.6 Å². The molecule has 1 amide bonds. The number of fused-ring (bicyclic) bond motifs is 1. The van der Waals surface area contributed by atoms with Crippen molar-refractivity contribution in [3.63, 3.8) is 0 Å². The van der Waals surface area contributed by atoms with Crippen LogP contribution in [0.15, 0.2) is 34.1 Å². The molecular formula is C21H25F3N4O3S. The van der Waals surface area contributed by atoms with Crippen molar-refractivity contribution in [3.05, 3.63) is 46.0 Å². The van der Waals surface area contributed by atoms with Gasteiger partial charge >= 0.3 is 12.1 Å². The topological polar surface area (TPSA) is 76.5 Å². The second kappa shape index (κ2) is 10.4. The number of aromatic nitrogens is 2. The lowest BCUT2D eigenvalue weighted by molar-refractivity contribution is -0.274. The van der Waals surface area contributed by atoms with Gasteiger partial charge in [-0.1, -0.05) is 11.8 Å². The molecule has 7 nitrogen and oxygen atoms in total. The average molecular weight is 471 g/mol. The molecule has 0 fully saturated rings. The highest BCUT2D eigenvalue weighted by Crippen LogP contribution is 2.29. The Morgan fingerprint density at radius 3 is 2.62 bits per heavy atom. The molecule has 0 saturated carbocycles. The summed E-state index contributed by atoms with van der Waals surface area (Å²) in [6.07, 6.45) is -1.33. The van der Waals surface area contributed by atoms with Crippen LogP contribution in [0.25, 0.3) is 0 Å². The molecule has 0 atom stereocenters. The number of amides is 1. The largest absolute Gasteiger partial charge is 0.573 e. The SMILES string of the molecule is CN(C)CCCn1c2c(c(SCC(=O)Nc3ccc(OC(F)(F)F)cc3)nc1=O)CCC2. The maximum absolute atomic E-state index is 12.6. The Labute approximate surface area is 188 Å². The fraction of sp³-hybridized carbons (Fsp3) is 0.476. The first kappa shape index (κ1) is 24.1. The zero-order chi connectivity index (χ0) is 23.3. The van der Waals surface area contributed by atoms with Gasteiger partial charge in [-0.2, -0.15) is 4.98 Å². The van der Waals surface area contributed by atoms with Gasteiger partial charge < -0.3 is 15.0 Å². The lowest BCUT2D eigenvalue weighted by atomic mass is 10.2. The highest BCUT2D eigenvalue weighted by molar-refractivity contribution is 8.00. The molecule has 1 N–H and O–H groups in total. The second-order valence-electron chi connectivity index (χ2n) is 7.70. The van der Waals surface area contributed by atoms with Gasteiger partial charge in [0, 0.05) is 23.5 Å². The van der Waals surface area contributed by atoms with Crippen LogP contribution in [0.4, 0.5) is 18.9 Å². The molecule has 174 valence electrons. The van der Waals surface area contributed by atoms with Gasteiger partial charge in [-0.25, -0.2) is 4.79 Å². The van der Waals surface area contributed by atoms with E-state index in [1.54, 1.807) is 4.57 Å². The molecule has 0 spiro atoms. The molecule has 0 aliphatic heterocycles. The van der Waals surface area contributed by atoms with E-state index in [0.717, 1.165) is 55.6 Å². The molecule has 0 unspecified atom stereocenters. The smallest absolute Gasteiger partial charge is 0.406 e. The fourth-order valence-electron chi connectivity index (χ4n) is 3.55. The van der Waals surface area contributed by atoms with Crippen molar-refractivity contribution < 1.29 is 22.7 Å². The summed E-state index contributed by atoms with van der Waals surface area (Å²) in [6.45, 7) is 1.49. The van der Waals surface area contributed by atoms with Crippen LogP contribution in [0.5, 0.6) is 5.75 Å². The summed E-state index contributed by atoms with van der Waals surface area (Å²) in [5.74, 6) is -0.677. The Morgan fingerprint density at radius 1 is 1.25 bits per heavy atom. The average Bonchev–Trinajstić information content (AvgIpc) is 3.18. The van der Waals surface area contributed by atoms with Gasteiger partial charge in [0.05, 0.1) is 5.75 Å². The zero-order valence-corrected chi connectivity index (χ0v) is 18.7. The van der Waals surface area contributed by atoms with Crippen molar-refractivity contribution >= 4 is 23.4 Å². The van der Waals surface area contributed by atoms with Crippen LogP contribution in [-0.4, -0.2) is 53.1 Å². The van der Waals surface area contributed by atoms with E-state index in [0.29, 0.717) is 17.3 Å². The molecule has 1 heterocycles. The zero-order valence-electron chi connectivity index (χ0n) is 17.9. The van der Waals surface area contributed by atoms with E-state index in [-0.39, 0.29) is 23.1 Å². The maximum atomic E-state index is 12.6. The van der Waals surface area contributed by atoms with Crippen LogP contribution >= 0.6 is 11.8 Å². The van der Waals surface area contributed by atoms with E-state index in [1.807, 2.05) is 14.1 Å². The number of rotatable bonds is 9. The maximum Gasteiger partial charge on any atom is 0.573 e. The third kappa shape index (κ3) is 6.73. The Hall–Kier alpha value is -2.53. The number of thioether (sulfide) groups is 1. The van der Waals surface area contributed by atoms with Crippen molar-refractivity contribution in [2.24, 2.45) is 0 Å². The summed E-state index contributed by atoms with van der Waals surface area (Å²) in [5.41, 5.74) is 2.08. The monoisotopic (exact) mass is 470 g/mol. The molecule has 1 aliphatic rings. The number of nitrogens with one attached hydrogen (secondary N) is 1. The van der Waals surface area contributed by atoms with Crippen LogP contribution in [0.3, 0.4) is 0 Å². The molecule has 0 saturated heterocycles. The normalized spacial score (nSPS) is 13.3. The highest BCUT2D eigenvalue weighted by atomic mass is 32.2. The van der Waals surface area contributed by atoms with Gasteiger partial charge in [-0.15, -0.1) is 13.2 Å². The third-order valence-electron chi connectivity index (χ3n) is 4.90. The number of carbonyl (C=O) groups is 1. The van der Waals surface area contributed by atoms with Crippen LogP contribution < -0.4 is 15.7 Å². The van der Waals surface area contributed by atoms with Crippen LogP contribution in [-0.2, 0) is 24.2 Å². The van der Waals surface area contributed by atoms with Gasteiger partial charge in [0.2, 0.25) is 5.91 Å². The molecule has 32 heavy (non-hydrogen) atoms. The number of alkyl halides is 3. The predicted molar refractivity (Wildman–Crippen MR) is 116 cm³/mol. The van der Waals surface area contributed by atoms with Gasteiger partial charge in [0.1, 0.15) is 10.8 Å². The summed E-state index contributed by atoms with van der Waals surface area (Å²) in [4.78, 5) is 31.2. The van der Waals surface area contributed by atoms with E-state index in [2.05, 4.69) is 19.9 Å². The van der Waals surface area contributed by atoms with Crippen LogP contribution in [0.2, 0.25) is 0 Å². The predicted octanol–water partition coefficient (Wildman–Crippen LogP) is 3.31.